The van der Waals surface area contributed by atoms with Crippen LogP contribution in [-0.4, -0.2) is 11.4 Å². The molecule has 1 aromatic carbocycles. The van der Waals surface area contributed by atoms with Crippen molar-refractivity contribution < 1.29 is 14.0 Å². The van der Waals surface area contributed by atoms with E-state index < -0.39 is 14.5 Å². The first-order valence-corrected chi connectivity index (χ1v) is 6.48. The van der Waals surface area contributed by atoms with Crippen LogP contribution in [0.5, 0.6) is 0 Å². The van der Waals surface area contributed by atoms with Gasteiger partial charge in [-0.2, -0.15) is 0 Å². The van der Waals surface area contributed by atoms with Crippen molar-refractivity contribution in [2.45, 2.75) is 26.0 Å². The molecule has 88 valence electrons. The summed E-state index contributed by atoms with van der Waals surface area (Å²) in [5.74, 6) is 0. The zero-order valence-corrected chi connectivity index (χ0v) is 10.2. The average molecular weight is 242 g/mol. The van der Waals surface area contributed by atoms with Crippen molar-refractivity contribution in [3.63, 3.8) is 0 Å². The minimum Gasteiger partial charge on any atom is -0.284 e. The van der Waals surface area contributed by atoms with Gasteiger partial charge in [0.15, 0.2) is 6.23 Å². The largest absolute Gasteiger partial charge is 0.696 e. The summed E-state index contributed by atoms with van der Waals surface area (Å²) in [5.41, 5.74) is 0.857. The summed E-state index contributed by atoms with van der Waals surface area (Å²) in [7, 11) is -2.60. The quantitative estimate of drug-likeness (QED) is 0.438. The number of hydrogen-bond donors (Lipinski definition) is 2. The maximum absolute atomic E-state index is 10.7. The molecule has 2 unspecified atom stereocenters. The van der Waals surface area contributed by atoms with Crippen LogP contribution in [0.1, 0.15) is 31.6 Å². The zero-order chi connectivity index (χ0) is 11.8. The number of rotatable bonds is 7. The van der Waals surface area contributed by atoms with E-state index in [0.717, 1.165) is 24.9 Å². The van der Waals surface area contributed by atoms with Gasteiger partial charge in [-0.25, -0.2) is 0 Å². The Labute approximate surface area is 96.6 Å². The van der Waals surface area contributed by atoms with E-state index >= 15 is 0 Å². The lowest BCUT2D eigenvalue weighted by atomic mass is 10.2. The van der Waals surface area contributed by atoms with Gasteiger partial charge in [-0.3, -0.25) is 5.32 Å². The van der Waals surface area contributed by atoms with Crippen LogP contribution in [0.25, 0.3) is 0 Å². The Morgan fingerprint density at radius 2 is 2.12 bits per heavy atom. The zero-order valence-electron chi connectivity index (χ0n) is 9.30. The molecule has 0 fully saturated rings. The summed E-state index contributed by atoms with van der Waals surface area (Å²) in [6.07, 6.45) is 1.57. The van der Waals surface area contributed by atoms with E-state index in [-0.39, 0.29) is 0 Å². The third-order valence-corrected chi connectivity index (χ3v) is 2.55. The molecule has 0 aliphatic rings. The van der Waals surface area contributed by atoms with Gasteiger partial charge in [0.05, 0.1) is 0 Å². The van der Waals surface area contributed by atoms with Gasteiger partial charge in [-0.1, -0.05) is 48.2 Å². The Balaban J connectivity index is 2.60. The van der Waals surface area contributed by atoms with Gasteiger partial charge in [0.2, 0.25) is 0 Å². The van der Waals surface area contributed by atoms with E-state index in [9.17, 15) is 4.57 Å². The van der Waals surface area contributed by atoms with Crippen molar-refractivity contribution >= 4 is 8.25 Å². The van der Waals surface area contributed by atoms with Crippen LogP contribution in [0.3, 0.4) is 0 Å². The second kappa shape index (κ2) is 7.47. The summed E-state index contributed by atoms with van der Waals surface area (Å²) in [4.78, 5) is 8.79. The monoisotopic (exact) mass is 242 g/mol. The van der Waals surface area contributed by atoms with Gasteiger partial charge in [-0.05, 0) is 13.0 Å². The molecule has 0 aliphatic carbocycles. The molecule has 0 aromatic heterocycles. The number of nitrogens with one attached hydrogen (secondary N) is 1. The molecule has 16 heavy (non-hydrogen) atoms. The Bertz CT molecular complexity index is 318. The first-order chi connectivity index (χ1) is 7.74. The number of hydrogen-bond acceptors (Lipinski definition) is 3. The van der Waals surface area contributed by atoms with Gasteiger partial charge in [0, 0.05) is 10.1 Å². The average Bonchev–Trinajstić information content (AvgIpc) is 2.29. The molecule has 5 heteroatoms. The fourth-order valence-corrected chi connectivity index (χ4v) is 1.72. The van der Waals surface area contributed by atoms with Crippen molar-refractivity contribution in [2.75, 3.05) is 6.54 Å². The molecule has 2 N–H and O–H groups in total. The lowest BCUT2D eigenvalue weighted by Crippen LogP contribution is -2.23. The second-order valence-electron chi connectivity index (χ2n) is 3.44. The number of benzene rings is 1. The first kappa shape index (κ1) is 13.3. The van der Waals surface area contributed by atoms with Gasteiger partial charge >= 0.3 is 8.25 Å². The van der Waals surface area contributed by atoms with Crippen molar-refractivity contribution in [1.82, 2.24) is 5.32 Å². The van der Waals surface area contributed by atoms with Crippen molar-refractivity contribution in [3.8, 4) is 0 Å². The summed E-state index contributed by atoms with van der Waals surface area (Å²) in [5, 5.41) is 3.10. The summed E-state index contributed by atoms with van der Waals surface area (Å²) >= 11 is 0. The van der Waals surface area contributed by atoms with Crippen LogP contribution < -0.4 is 5.32 Å². The highest BCUT2D eigenvalue weighted by atomic mass is 31.1. The molecular weight excluding hydrogens is 225 g/mol. The lowest BCUT2D eigenvalue weighted by Gasteiger charge is -2.12. The maximum atomic E-state index is 10.7. The predicted octanol–water partition coefficient (Wildman–Crippen LogP) is 2.74. The van der Waals surface area contributed by atoms with E-state index in [2.05, 4.69) is 12.2 Å². The summed E-state index contributed by atoms with van der Waals surface area (Å²) < 4.78 is 15.6. The number of unbranched alkanes of at least 4 members (excludes halogenated alkanes) is 1. The third kappa shape index (κ3) is 4.81. The van der Waals surface area contributed by atoms with E-state index in [1.165, 1.54) is 0 Å². The van der Waals surface area contributed by atoms with E-state index in [1.54, 1.807) is 0 Å². The molecule has 1 rings (SSSR count). The SMILES string of the molecule is CCCCNC(O[P+](=O)O)c1ccccc1. The Kier molecular flexibility index (Phi) is 6.19. The predicted molar refractivity (Wildman–Crippen MR) is 63.0 cm³/mol. The van der Waals surface area contributed by atoms with Crippen LogP contribution in [0, 0.1) is 0 Å². The Morgan fingerprint density at radius 3 is 2.69 bits per heavy atom. The molecule has 4 nitrogen and oxygen atoms in total. The first-order valence-electron chi connectivity index (χ1n) is 5.35. The molecule has 0 saturated heterocycles. The van der Waals surface area contributed by atoms with Crippen LogP contribution in [-0.2, 0) is 9.09 Å². The highest BCUT2D eigenvalue weighted by molar-refractivity contribution is 7.32. The second-order valence-corrected chi connectivity index (χ2v) is 4.13. The van der Waals surface area contributed by atoms with Crippen molar-refractivity contribution in [3.05, 3.63) is 35.9 Å². The molecule has 1 aromatic rings. The molecular formula is C11H17NO3P+. The minimum absolute atomic E-state index is 0.513. The third-order valence-electron chi connectivity index (χ3n) is 2.16. The molecule has 2 atom stereocenters. The molecule has 0 aliphatic heterocycles. The molecule has 0 saturated carbocycles. The van der Waals surface area contributed by atoms with E-state index in [1.807, 2.05) is 30.3 Å². The minimum atomic E-state index is -2.60. The van der Waals surface area contributed by atoms with Gasteiger partial charge in [-0.15, -0.1) is 4.89 Å². The summed E-state index contributed by atoms with van der Waals surface area (Å²) in [6, 6.07) is 9.37. The normalized spacial score (nSPS) is 13.5. The smallest absolute Gasteiger partial charge is 0.284 e. The Hall–Kier alpha value is -0.800. The van der Waals surface area contributed by atoms with Gasteiger partial charge in [0.1, 0.15) is 0 Å². The topological polar surface area (TPSA) is 58.6 Å². The molecule has 0 spiro atoms. The van der Waals surface area contributed by atoms with Crippen LogP contribution in [0.2, 0.25) is 0 Å². The van der Waals surface area contributed by atoms with Gasteiger partial charge in [0.25, 0.3) is 0 Å². The van der Waals surface area contributed by atoms with Crippen LogP contribution >= 0.6 is 8.25 Å². The maximum Gasteiger partial charge on any atom is 0.696 e. The van der Waals surface area contributed by atoms with Crippen molar-refractivity contribution in [1.29, 1.82) is 0 Å². The van der Waals surface area contributed by atoms with Crippen LogP contribution in [0.15, 0.2) is 30.3 Å². The summed E-state index contributed by atoms with van der Waals surface area (Å²) in [6.45, 7) is 2.85. The standard InChI is InChI=1S/C11H16NO3P/c1-2-3-9-12-11(15-16(13)14)10-7-5-4-6-8-10/h4-8,11-12H,2-3,9H2,1H3/p+1. The fraction of sp³-hybridized carbons (Fsp3) is 0.455. The molecule has 0 radical (unpaired) electrons. The van der Waals surface area contributed by atoms with Crippen LogP contribution in [0.4, 0.5) is 0 Å². The van der Waals surface area contributed by atoms with E-state index in [4.69, 9.17) is 9.42 Å². The highest BCUT2D eigenvalue weighted by Gasteiger charge is 2.23. The van der Waals surface area contributed by atoms with E-state index in [0.29, 0.717) is 0 Å². The highest BCUT2D eigenvalue weighted by Crippen LogP contribution is 2.26. The fourth-order valence-electron chi connectivity index (χ4n) is 1.34. The molecule has 0 bridgehead atoms. The Morgan fingerprint density at radius 1 is 1.44 bits per heavy atom. The lowest BCUT2D eigenvalue weighted by molar-refractivity contribution is 0.156. The van der Waals surface area contributed by atoms with Crippen molar-refractivity contribution in [2.24, 2.45) is 0 Å². The van der Waals surface area contributed by atoms with Gasteiger partial charge < -0.3 is 0 Å². The molecule has 0 amide bonds. The molecule has 0 heterocycles.